The van der Waals surface area contributed by atoms with Gasteiger partial charge in [0.2, 0.25) is 0 Å². The second kappa shape index (κ2) is 7.73. The molecule has 0 bridgehead atoms. The summed E-state index contributed by atoms with van der Waals surface area (Å²) in [5, 5.41) is 0. The molecule has 8 atom stereocenters. The van der Waals surface area contributed by atoms with E-state index in [4.69, 9.17) is 4.55 Å². The molecule has 0 saturated heterocycles. The Morgan fingerprint density at radius 3 is 2.40 bits per heavy atom. The lowest BCUT2D eigenvalue weighted by molar-refractivity contribution is -0.196. The maximum absolute atomic E-state index is 13.2. The highest BCUT2D eigenvalue weighted by molar-refractivity contribution is 7.80. The molecule has 0 amide bonds. The first kappa shape index (κ1) is 22.5. The Balaban J connectivity index is 1.45. The van der Waals surface area contributed by atoms with Crippen molar-refractivity contribution in [1.82, 2.24) is 0 Å². The van der Waals surface area contributed by atoms with E-state index in [9.17, 15) is 26.4 Å². The fourth-order valence-electron chi connectivity index (χ4n) is 7.91. The SMILES string of the molecule is C[C@]12CCC3[C@H]4CC[C@H](C(F)(F)F)C[C@H]4CC[C@H]3[C@@H]1CC[C@@H]2C(=O)COS(=O)(=O)O. The van der Waals surface area contributed by atoms with Gasteiger partial charge >= 0.3 is 16.6 Å². The molecule has 4 fully saturated rings. The van der Waals surface area contributed by atoms with Gasteiger partial charge in [0.25, 0.3) is 0 Å². The van der Waals surface area contributed by atoms with E-state index in [1.54, 1.807) is 0 Å². The van der Waals surface area contributed by atoms with Crippen molar-refractivity contribution in [2.24, 2.45) is 46.8 Å². The van der Waals surface area contributed by atoms with Gasteiger partial charge in [0.15, 0.2) is 5.78 Å². The summed E-state index contributed by atoms with van der Waals surface area (Å²) in [5.74, 6) is 0.0335. The van der Waals surface area contributed by atoms with Crippen LogP contribution in [0.1, 0.15) is 64.7 Å². The first-order chi connectivity index (χ1) is 13.9. The van der Waals surface area contributed by atoms with Crippen LogP contribution in [0, 0.1) is 46.8 Å². The van der Waals surface area contributed by atoms with Crippen LogP contribution >= 0.6 is 0 Å². The highest BCUT2D eigenvalue weighted by Gasteiger charge is 2.59. The molecule has 0 heterocycles. The van der Waals surface area contributed by atoms with E-state index < -0.39 is 29.1 Å². The third-order valence-corrected chi connectivity index (χ3v) is 9.57. The Morgan fingerprint density at radius 1 is 1.03 bits per heavy atom. The molecular formula is C21H31F3O5S. The number of hydrogen-bond acceptors (Lipinski definition) is 4. The van der Waals surface area contributed by atoms with Gasteiger partial charge < -0.3 is 0 Å². The summed E-state index contributed by atoms with van der Waals surface area (Å²) in [6.45, 7) is 1.48. The first-order valence-corrected chi connectivity index (χ1v) is 12.5. The highest BCUT2D eigenvalue weighted by Crippen LogP contribution is 2.65. The van der Waals surface area contributed by atoms with E-state index >= 15 is 0 Å². The zero-order valence-corrected chi connectivity index (χ0v) is 18.1. The summed E-state index contributed by atoms with van der Waals surface area (Å²) in [6, 6.07) is 0. The van der Waals surface area contributed by atoms with Gasteiger partial charge in [-0.3, -0.25) is 9.35 Å². The van der Waals surface area contributed by atoms with Gasteiger partial charge in [0.05, 0.1) is 5.92 Å². The van der Waals surface area contributed by atoms with Crippen molar-refractivity contribution in [3.63, 3.8) is 0 Å². The third kappa shape index (κ3) is 4.06. The highest BCUT2D eigenvalue weighted by atomic mass is 32.3. The van der Waals surface area contributed by atoms with E-state index in [0.29, 0.717) is 36.5 Å². The Labute approximate surface area is 176 Å². The number of halogens is 3. The molecule has 0 aromatic carbocycles. The molecule has 1 unspecified atom stereocenters. The van der Waals surface area contributed by atoms with Crippen LogP contribution in [0.5, 0.6) is 0 Å². The number of ketones is 1. The van der Waals surface area contributed by atoms with Crippen LogP contribution in [0.4, 0.5) is 13.2 Å². The molecule has 0 aromatic rings. The number of carbonyl (C=O) groups is 1. The number of Topliss-reactive ketones (excluding diaryl/α,β-unsaturated/α-hetero) is 1. The summed E-state index contributed by atoms with van der Waals surface area (Å²) < 4.78 is 74.4. The summed E-state index contributed by atoms with van der Waals surface area (Å²) >= 11 is 0. The van der Waals surface area contributed by atoms with Crippen LogP contribution < -0.4 is 0 Å². The van der Waals surface area contributed by atoms with Crippen molar-refractivity contribution in [1.29, 1.82) is 0 Å². The van der Waals surface area contributed by atoms with E-state index in [2.05, 4.69) is 11.1 Å². The van der Waals surface area contributed by atoms with Gasteiger partial charge in [-0.15, -0.1) is 0 Å². The molecular weight excluding hydrogens is 421 g/mol. The Bertz CT molecular complexity index is 782. The minimum absolute atomic E-state index is 0.165. The van der Waals surface area contributed by atoms with E-state index in [1.807, 2.05) is 0 Å². The number of fused-ring (bicyclic) bond motifs is 5. The molecule has 0 aliphatic heterocycles. The summed E-state index contributed by atoms with van der Waals surface area (Å²) in [5.41, 5.74) is -0.225. The van der Waals surface area contributed by atoms with E-state index in [0.717, 1.165) is 32.1 Å². The molecule has 172 valence electrons. The van der Waals surface area contributed by atoms with Crippen LogP contribution in [0.3, 0.4) is 0 Å². The molecule has 4 aliphatic carbocycles. The Morgan fingerprint density at radius 2 is 1.73 bits per heavy atom. The van der Waals surface area contributed by atoms with Gasteiger partial charge in [-0.1, -0.05) is 6.92 Å². The van der Waals surface area contributed by atoms with Gasteiger partial charge in [0.1, 0.15) is 6.61 Å². The minimum atomic E-state index is -4.65. The van der Waals surface area contributed by atoms with Crippen LogP contribution in [0.25, 0.3) is 0 Å². The van der Waals surface area contributed by atoms with Crippen LogP contribution in [-0.4, -0.2) is 31.5 Å². The van der Waals surface area contributed by atoms with Gasteiger partial charge in [-0.2, -0.15) is 21.6 Å². The Hall–Kier alpha value is -0.670. The first-order valence-electron chi connectivity index (χ1n) is 11.1. The number of alkyl halides is 3. The van der Waals surface area contributed by atoms with Crippen LogP contribution in [-0.2, 0) is 19.4 Å². The largest absolute Gasteiger partial charge is 0.397 e. The summed E-state index contributed by atoms with van der Waals surface area (Å²) in [6.07, 6.45) is 2.20. The molecule has 0 radical (unpaired) electrons. The molecule has 0 aromatic heterocycles. The summed E-state index contributed by atoms with van der Waals surface area (Å²) in [7, 11) is -4.65. The second-order valence-electron chi connectivity index (χ2n) is 10.3. The average molecular weight is 453 g/mol. The van der Waals surface area contributed by atoms with Gasteiger partial charge in [-0.25, -0.2) is 4.18 Å². The zero-order valence-electron chi connectivity index (χ0n) is 17.2. The molecule has 5 nitrogen and oxygen atoms in total. The lowest BCUT2D eigenvalue weighted by Gasteiger charge is -2.56. The van der Waals surface area contributed by atoms with Gasteiger partial charge in [-0.05, 0) is 92.8 Å². The molecule has 4 rings (SSSR count). The standard InChI is InChI=1S/C21H31F3O5S/c1-20-9-8-15-14-5-3-13(21(22,23)24)10-12(14)2-4-16(15)17(20)6-7-18(20)19(25)11-29-30(26,27)28/h12-18H,2-11H2,1H3,(H,26,27,28)/t12-,13+,14+,15?,16-,17+,18-,20+/m1/s1. The zero-order chi connectivity index (χ0) is 21.9. The topological polar surface area (TPSA) is 80.7 Å². The molecule has 4 aliphatic rings. The monoisotopic (exact) mass is 452 g/mol. The van der Waals surface area contributed by atoms with Crippen LogP contribution in [0.2, 0.25) is 0 Å². The van der Waals surface area contributed by atoms with E-state index in [1.165, 1.54) is 0 Å². The molecule has 30 heavy (non-hydrogen) atoms. The molecule has 4 saturated carbocycles. The van der Waals surface area contributed by atoms with Crippen LogP contribution in [0.15, 0.2) is 0 Å². The number of hydrogen-bond donors (Lipinski definition) is 1. The third-order valence-electron chi connectivity index (χ3n) is 9.16. The molecule has 1 N–H and O–H groups in total. The predicted molar refractivity (Wildman–Crippen MR) is 103 cm³/mol. The maximum atomic E-state index is 13.2. The molecule has 0 spiro atoms. The van der Waals surface area contributed by atoms with Gasteiger partial charge in [0, 0.05) is 5.92 Å². The summed E-state index contributed by atoms with van der Waals surface area (Å²) in [4.78, 5) is 12.7. The second-order valence-corrected chi connectivity index (χ2v) is 11.4. The lowest BCUT2D eigenvalue weighted by atomic mass is 9.49. The maximum Gasteiger partial charge on any atom is 0.397 e. The van der Waals surface area contributed by atoms with E-state index in [-0.39, 0.29) is 35.9 Å². The van der Waals surface area contributed by atoms with Crippen molar-refractivity contribution in [2.45, 2.75) is 70.9 Å². The number of rotatable bonds is 4. The van der Waals surface area contributed by atoms with Crippen molar-refractivity contribution in [3.05, 3.63) is 0 Å². The van der Waals surface area contributed by atoms with Crippen molar-refractivity contribution in [3.8, 4) is 0 Å². The fourth-order valence-corrected chi connectivity index (χ4v) is 8.18. The Kier molecular flexibility index (Phi) is 5.80. The fraction of sp³-hybridized carbons (Fsp3) is 0.952. The minimum Gasteiger partial charge on any atom is -0.297 e. The molecule has 9 heteroatoms. The lowest BCUT2D eigenvalue weighted by Crippen LogP contribution is -2.50. The normalized spacial score (nSPS) is 44.1. The van der Waals surface area contributed by atoms with Crippen molar-refractivity contribution >= 4 is 16.2 Å². The average Bonchev–Trinajstić information content (AvgIpc) is 3.01. The smallest absolute Gasteiger partial charge is 0.297 e. The van der Waals surface area contributed by atoms with Crippen molar-refractivity contribution in [2.75, 3.05) is 6.61 Å². The van der Waals surface area contributed by atoms with Crippen molar-refractivity contribution < 1.29 is 35.1 Å². The predicted octanol–water partition coefficient (Wildman–Crippen LogP) is 4.82. The quantitative estimate of drug-likeness (QED) is 0.619. The number of carbonyl (C=O) groups excluding carboxylic acids is 1.